The molecule has 1 heterocycles. The van der Waals surface area contributed by atoms with E-state index < -0.39 is 0 Å². The average Bonchev–Trinajstić information content (AvgIpc) is 3.12. The number of hydrogen-bond donors (Lipinski definition) is 1. The zero-order valence-corrected chi connectivity index (χ0v) is 17.1. The Kier molecular flexibility index (Phi) is 5.01. The van der Waals surface area contributed by atoms with Gasteiger partial charge in [0.05, 0.1) is 6.04 Å². The van der Waals surface area contributed by atoms with Crippen LogP contribution in [0.5, 0.6) is 0 Å². The van der Waals surface area contributed by atoms with Crippen molar-refractivity contribution in [1.82, 2.24) is 10.2 Å². The average molecular weight is 399 g/mol. The standard InChI is InChI=1S/C26H26N2O2/c1-18-15-27-25(19-9-3-2-4-10-19)16-28(18)26(29)30-17-24-22-13-7-5-11-20(22)21-12-6-8-14-23(21)24/h2-14,18,24-25,27H,15-17H2,1H3/t18-,25+/m0/s1. The van der Waals surface area contributed by atoms with Crippen molar-refractivity contribution in [3.8, 4) is 11.1 Å². The zero-order valence-electron chi connectivity index (χ0n) is 17.1. The Hall–Kier alpha value is -3.11. The molecular formula is C26H26N2O2. The normalized spacial score (nSPS) is 20.5. The minimum atomic E-state index is -0.230. The van der Waals surface area contributed by atoms with Crippen LogP contribution in [0.25, 0.3) is 11.1 Å². The molecule has 0 unspecified atom stereocenters. The fourth-order valence-electron chi connectivity index (χ4n) is 4.70. The second-order valence-corrected chi connectivity index (χ2v) is 8.18. The second kappa shape index (κ2) is 7.96. The highest BCUT2D eigenvalue weighted by atomic mass is 16.6. The van der Waals surface area contributed by atoms with Crippen LogP contribution in [0, 0.1) is 0 Å². The van der Waals surface area contributed by atoms with Crippen LogP contribution in [0.15, 0.2) is 78.9 Å². The largest absolute Gasteiger partial charge is 0.448 e. The monoisotopic (exact) mass is 398 g/mol. The first-order valence-electron chi connectivity index (χ1n) is 10.6. The summed E-state index contributed by atoms with van der Waals surface area (Å²) in [5.41, 5.74) is 6.16. The fourth-order valence-corrected chi connectivity index (χ4v) is 4.70. The molecule has 2 aliphatic rings. The van der Waals surface area contributed by atoms with Crippen LogP contribution < -0.4 is 5.32 Å². The lowest BCUT2D eigenvalue weighted by Gasteiger charge is -2.38. The van der Waals surface area contributed by atoms with Crippen LogP contribution in [0.2, 0.25) is 0 Å². The maximum Gasteiger partial charge on any atom is 0.410 e. The number of rotatable bonds is 3. The van der Waals surface area contributed by atoms with Gasteiger partial charge in [0.2, 0.25) is 0 Å². The number of carbonyl (C=O) groups excluding carboxylic acids is 1. The molecule has 1 aliphatic heterocycles. The van der Waals surface area contributed by atoms with E-state index in [9.17, 15) is 4.79 Å². The van der Waals surface area contributed by atoms with Gasteiger partial charge in [0.25, 0.3) is 0 Å². The molecule has 4 heteroatoms. The number of benzene rings is 3. The lowest BCUT2D eigenvalue weighted by molar-refractivity contribution is 0.0700. The molecule has 1 amide bonds. The Bertz CT molecular complexity index is 1000. The highest BCUT2D eigenvalue weighted by Crippen LogP contribution is 2.44. The van der Waals surface area contributed by atoms with E-state index in [2.05, 4.69) is 72.9 Å². The maximum absolute atomic E-state index is 13.0. The van der Waals surface area contributed by atoms with E-state index in [4.69, 9.17) is 4.74 Å². The molecule has 3 aromatic rings. The molecule has 0 spiro atoms. The molecule has 1 aliphatic carbocycles. The highest BCUT2D eigenvalue weighted by Gasteiger charge is 2.33. The molecule has 3 aromatic carbocycles. The van der Waals surface area contributed by atoms with Gasteiger partial charge in [0, 0.05) is 25.0 Å². The van der Waals surface area contributed by atoms with E-state index in [0.717, 1.165) is 6.54 Å². The van der Waals surface area contributed by atoms with E-state index >= 15 is 0 Å². The summed E-state index contributed by atoms with van der Waals surface area (Å²) in [7, 11) is 0. The summed E-state index contributed by atoms with van der Waals surface area (Å²) in [4.78, 5) is 14.9. The molecule has 152 valence electrons. The molecule has 1 N–H and O–H groups in total. The SMILES string of the molecule is C[C@H]1CN[C@@H](c2ccccc2)CN1C(=O)OCC1c2ccccc2-c2ccccc21. The smallest absolute Gasteiger partial charge is 0.410 e. The summed E-state index contributed by atoms with van der Waals surface area (Å²) in [6.45, 7) is 3.79. The number of carbonyl (C=O) groups is 1. The highest BCUT2D eigenvalue weighted by molar-refractivity contribution is 5.79. The number of fused-ring (bicyclic) bond motifs is 3. The second-order valence-electron chi connectivity index (χ2n) is 8.18. The van der Waals surface area contributed by atoms with Crippen molar-refractivity contribution in [1.29, 1.82) is 0 Å². The van der Waals surface area contributed by atoms with Crippen LogP contribution in [-0.2, 0) is 4.74 Å². The topological polar surface area (TPSA) is 41.6 Å². The van der Waals surface area contributed by atoms with Gasteiger partial charge in [0.15, 0.2) is 0 Å². The summed E-state index contributed by atoms with van der Waals surface area (Å²) in [6.07, 6.45) is -0.230. The van der Waals surface area contributed by atoms with Gasteiger partial charge in [-0.2, -0.15) is 0 Å². The molecule has 2 atom stereocenters. The quantitative estimate of drug-likeness (QED) is 0.677. The summed E-state index contributed by atoms with van der Waals surface area (Å²) in [6, 6.07) is 27.3. The van der Waals surface area contributed by atoms with Gasteiger partial charge >= 0.3 is 6.09 Å². The number of piperazine rings is 1. The number of ether oxygens (including phenoxy) is 1. The van der Waals surface area contributed by atoms with Crippen LogP contribution in [0.3, 0.4) is 0 Å². The summed E-state index contributed by atoms with van der Waals surface area (Å²) < 4.78 is 5.89. The van der Waals surface area contributed by atoms with E-state index in [-0.39, 0.29) is 24.1 Å². The summed E-state index contributed by atoms with van der Waals surface area (Å²) in [5, 5.41) is 3.54. The van der Waals surface area contributed by atoms with Crippen molar-refractivity contribution in [2.45, 2.75) is 24.9 Å². The molecule has 0 bridgehead atoms. The Morgan fingerprint density at radius 1 is 0.933 bits per heavy atom. The van der Waals surface area contributed by atoms with E-state index in [0.29, 0.717) is 13.2 Å². The Labute approximate surface area is 177 Å². The predicted octanol–water partition coefficient (Wildman–Crippen LogP) is 4.97. The van der Waals surface area contributed by atoms with Crippen LogP contribution in [-0.4, -0.2) is 36.7 Å². The van der Waals surface area contributed by atoms with Crippen molar-refractivity contribution in [3.05, 3.63) is 95.6 Å². The van der Waals surface area contributed by atoms with Crippen LogP contribution in [0.1, 0.15) is 35.6 Å². The Balaban J connectivity index is 1.31. The predicted molar refractivity (Wildman–Crippen MR) is 118 cm³/mol. The minimum absolute atomic E-state index is 0.0875. The molecule has 1 saturated heterocycles. The molecule has 0 radical (unpaired) electrons. The molecule has 1 fully saturated rings. The van der Waals surface area contributed by atoms with Gasteiger partial charge in [-0.3, -0.25) is 0 Å². The van der Waals surface area contributed by atoms with E-state index in [1.807, 2.05) is 23.1 Å². The first kappa shape index (κ1) is 18.9. The van der Waals surface area contributed by atoms with Gasteiger partial charge in [-0.1, -0.05) is 78.9 Å². The number of nitrogens with zero attached hydrogens (tertiary/aromatic N) is 1. The van der Waals surface area contributed by atoms with Gasteiger partial charge in [-0.25, -0.2) is 4.79 Å². The van der Waals surface area contributed by atoms with Gasteiger partial charge in [-0.05, 0) is 34.7 Å². The zero-order chi connectivity index (χ0) is 20.5. The first-order valence-corrected chi connectivity index (χ1v) is 10.6. The Morgan fingerprint density at radius 3 is 2.20 bits per heavy atom. The number of amides is 1. The third-order valence-electron chi connectivity index (χ3n) is 6.34. The van der Waals surface area contributed by atoms with E-state index in [1.54, 1.807) is 0 Å². The van der Waals surface area contributed by atoms with E-state index in [1.165, 1.54) is 27.8 Å². The summed E-state index contributed by atoms with van der Waals surface area (Å²) >= 11 is 0. The third kappa shape index (κ3) is 3.37. The molecule has 4 nitrogen and oxygen atoms in total. The summed E-state index contributed by atoms with van der Waals surface area (Å²) in [5.74, 6) is 0.0875. The van der Waals surface area contributed by atoms with Crippen molar-refractivity contribution < 1.29 is 9.53 Å². The van der Waals surface area contributed by atoms with Crippen molar-refractivity contribution >= 4 is 6.09 Å². The van der Waals surface area contributed by atoms with Gasteiger partial charge < -0.3 is 15.0 Å². The maximum atomic E-state index is 13.0. The Morgan fingerprint density at radius 2 is 1.53 bits per heavy atom. The van der Waals surface area contributed by atoms with Crippen LogP contribution in [0.4, 0.5) is 4.79 Å². The van der Waals surface area contributed by atoms with Crippen molar-refractivity contribution in [2.75, 3.05) is 19.7 Å². The molecular weight excluding hydrogens is 372 g/mol. The van der Waals surface area contributed by atoms with Crippen molar-refractivity contribution in [3.63, 3.8) is 0 Å². The molecule has 5 rings (SSSR count). The third-order valence-corrected chi connectivity index (χ3v) is 6.34. The van der Waals surface area contributed by atoms with Gasteiger partial charge in [-0.15, -0.1) is 0 Å². The van der Waals surface area contributed by atoms with Gasteiger partial charge in [0.1, 0.15) is 6.61 Å². The first-order chi connectivity index (χ1) is 14.7. The molecule has 0 saturated carbocycles. The van der Waals surface area contributed by atoms with Crippen molar-refractivity contribution in [2.24, 2.45) is 0 Å². The fraction of sp³-hybridized carbons (Fsp3) is 0.269. The lowest BCUT2D eigenvalue weighted by atomic mass is 9.98. The minimum Gasteiger partial charge on any atom is -0.448 e. The number of nitrogens with one attached hydrogen (secondary N) is 1. The van der Waals surface area contributed by atoms with Crippen LogP contribution >= 0.6 is 0 Å². The molecule has 30 heavy (non-hydrogen) atoms. The number of hydrogen-bond acceptors (Lipinski definition) is 3. The lowest BCUT2D eigenvalue weighted by Crippen LogP contribution is -2.53. The molecule has 0 aromatic heterocycles.